The molecular weight excluding hydrogens is 366 g/mol. The lowest BCUT2D eigenvalue weighted by Gasteiger charge is -2.31. The maximum atomic E-state index is 12.4. The minimum atomic E-state index is -0.530. The number of hydrogen-bond acceptors (Lipinski definition) is 6. The van der Waals surface area contributed by atoms with Gasteiger partial charge in [0, 0.05) is 32.0 Å². The van der Waals surface area contributed by atoms with Crippen molar-refractivity contribution < 1.29 is 19.1 Å². The fraction of sp³-hybridized carbons (Fsp3) is 0.722. The molecular formula is C18H27N5O5. The Bertz CT molecular complexity index is 802. The second-order valence-corrected chi connectivity index (χ2v) is 7.31. The van der Waals surface area contributed by atoms with Gasteiger partial charge >= 0.3 is 11.7 Å². The van der Waals surface area contributed by atoms with Gasteiger partial charge in [0.2, 0.25) is 11.8 Å². The zero-order valence-corrected chi connectivity index (χ0v) is 16.3. The first-order valence-corrected chi connectivity index (χ1v) is 9.75. The summed E-state index contributed by atoms with van der Waals surface area (Å²) >= 11 is 0. The van der Waals surface area contributed by atoms with Crippen molar-refractivity contribution in [2.75, 3.05) is 26.2 Å². The number of piperidine rings is 1. The van der Waals surface area contributed by atoms with E-state index >= 15 is 0 Å². The van der Waals surface area contributed by atoms with Gasteiger partial charge in [-0.15, -0.1) is 0 Å². The third-order valence-corrected chi connectivity index (χ3v) is 5.20. The summed E-state index contributed by atoms with van der Waals surface area (Å²) in [7, 11) is 1.64. The van der Waals surface area contributed by atoms with Crippen molar-refractivity contribution in [1.82, 2.24) is 24.6 Å². The highest BCUT2D eigenvalue weighted by molar-refractivity contribution is 5.82. The van der Waals surface area contributed by atoms with E-state index in [1.54, 1.807) is 14.0 Å². The number of nitrogens with one attached hydrogen (secondary N) is 1. The van der Waals surface area contributed by atoms with Crippen LogP contribution < -0.4 is 11.0 Å². The summed E-state index contributed by atoms with van der Waals surface area (Å²) in [5.74, 6) is 0.151. The Balaban J connectivity index is 1.57. The highest BCUT2D eigenvalue weighted by Crippen LogP contribution is 2.33. The first kappa shape index (κ1) is 20.1. The van der Waals surface area contributed by atoms with Gasteiger partial charge in [-0.25, -0.2) is 9.48 Å². The molecule has 2 amide bonds. The van der Waals surface area contributed by atoms with Gasteiger partial charge in [0.25, 0.3) is 0 Å². The SMILES string of the molecule is CCOC(=O)CNC(=O)Cn1nc(C2CCN(C(=O)C3CC3)CC2)n(C)c1=O. The molecule has 10 nitrogen and oxygen atoms in total. The molecule has 2 heterocycles. The van der Waals surface area contributed by atoms with Gasteiger partial charge in [0.1, 0.15) is 18.9 Å². The van der Waals surface area contributed by atoms with Crippen molar-refractivity contribution in [3.8, 4) is 0 Å². The molecule has 0 atom stereocenters. The summed E-state index contributed by atoms with van der Waals surface area (Å²) in [6.45, 7) is 2.76. The number of hydrogen-bond donors (Lipinski definition) is 1. The maximum absolute atomic E-state index is 12.4. The van der Waals surface area contributed by atoms with Crippen molar-refractivity contribution in [3.63, 3.8) is 0 Å². The summed E-state index contributed by atoms with van der Waals surface area (Å²) in [6.07, 6.45) is 3.49. The van der Waals surface area contributed by atoms with E-state index in [2.05, 4.69) is 10.4 Å². The Morgan fingerprint density at radius 3 is 2.46 bits per heavy atom. The predicted molar refractivity (Wildman–Crippen MR) is 98.4 cm³/mol. The van der Waals surface area contributed by atoms with Crippen LogP contribution in [0.25, 0.3) is 0 Å². The second-order valence-electron chi connectivity index (χ2n) is 7.31. The van der Waals surface area contributed by atoms with Gasteiger partial charge in [-0.3, -0.25) is 19.0 Å². The number of nitrogens with zero attached hydrogens (tertiary/aromatic N) is 4. The van der Waals surface area contributed by atoms with E-state index in [0.29, 0.717) is 18.9 Å². The lowest BCUT2D eigenvalue weighted by molar-refractivity contribution is -0.143. The molecule has 1 aromatic heterocycles. The molecule has 1 aliphatic carbocycles. The minimum absolute atomic E-state index is 0.0739. The van der Waals surface area contributed by atoms with Gasteiger partial charge < -0.3 is 15.0 Å². The van der Waals surface area contributed by atoms with Crippen LogP contribution in [0.4, 0.5) is 0 Å². The standard InChI is InChI=1S/C18H27N5O5/c1-3-28-15(25)10-19-14(24)11-23-18(27)21(2)16(20-23)12-6-8-22(9-7-12)17(26)13-4-5-13/h12-13H,3-11H2,1-2H3,(H,19,24). The maximum Gasteiger partial charge on any atom is 0.346 e. The fourth-order valence-electron chi connectivity index (χ4n) is 3.48. The Labute approximate surface area is 162 Å². The average Bonchev–Trinajstić information content (AvgIpc) is 3.50. The molecule has 2 aliphatic rings. The molecule has 1 aliphatic heterocycles. The van der Waals surface area contributed by atoms with Crippen LogP contribution in [-0.4, -0.2) is 63.3 Å². The number of esters is 1. The van der Waals surface area contributed by atoms with Gasteiger partial charge in [0.15, 0.2) is 0 Å². The van der Waals surface area contributed by atoms with E-state index < -0.39 is 11.9 Å². The fourth-order valence-corrected chi connectivity index (χ4v) is 3.48. The van der Waals surface area contributed by atoms with Crippen molar-refractivity contribution in [3.05, 3.63) is 16.3 Å². The normalized spacial score (nSPS) is 17.4. The lowest BCUT2D eigenvalue weighted by atomic mass is 9.95. The van der Waals surface area contributed by atoms with Crippen molar-refractivity contribution in [2.45, 2.75) is 45.1 Å². The quantitative estimate of drug-likeness (QED) is 0.617. The Morgan fingerprint density at radius 2 is 1.86 bits per heavy atom. The highest BCUT2D eigenvalue weighted by Gasteiger charge is 2.36. The van der Waals surface area contributed by atoms with Gasteiger partial charge in [0.05, 0.1) is 6.61 Å². The summed E-state index contributed by atoms with van der Waals surface area (Å²) in [5.41, 5.74) is -0.377. The monoisotopic (exact) mass is 393 g/mol. The molecule has 1 saturated carbocycles. The molecule has 154 valence electrons. The van der Waals surface area contributed by atoms with E-state index in [4.69, 9.17) is 4.74 Å². The van der Waals surface area contributed by atoms with Crippen LogP contribution in [0.1, 0.15) is 44.3 Å². The van der Waals surface area contributed by atoms with E-state index in [0.717, 1.165) is 30.4 Å². The number of carbonyl (C=O) groups excluding carboxylic acids is 3. The highest BCUT2D eigenvalue weighted by atomic mass is 16.5. The van der Waals surface area contributed by atoms with Crippen LogP contribution in [-0.2, 0) is 32.7 Å². The number of amides is 2. The van der Waals surface area contributed by atoms with Crippen LogP contribution in [0, 0.1) is 5.92 Å². The topological polar surface area (TPSA) is 116 Å². The molecule has 1 saturated heterocycles. The molecule has 1 N–H and O–H groups in total. The van der Waals surface area contributed by atoms with Gasteiger partial charge in [-0.2, -0.15) is 5.10 Å². The molecule has 1 aromatic rings. The molecule has 2 fully saturated rings. The largest absolute Gasteiger partial charge is 0.465 e. The van der Waals surface area contributed by atoms with E-state index in [9.17, 15) is 19.2 Å². The number of likely N-dealkylation sites (tertiary alicyclic amines) is 1. The first-order chi connectivity index (χ1) is 13.4. The summed E-state index contributed by atoms with van der Waals surface area (Å²) in [5, 5.41) is 6.76. The number of carbonyl (C=O) groups is 3. The van der Waals surface area contributed by atoms with Crippen LogP contribution in [0.2, 0.25) is 0 Å². The minimum Gasteiger partial charge on any atom is -0.465 e. The van der Waals surface area contributed by atoms with Gasteiger partial charge in [-0.05, 0) is 32.6 Å². The van der Waals surface area contributed by atoms with Crippen molar-refractivity contribution in [1.29, 1.82) is 0 Å². The molecule has 3 rings (SSSR count). The summed E-state index contributed by atoms with van der Waals surface area (Å²) in [4.78, 5) is 49.8. The van der Waals surface area contributed by atoms with Crippen LogP contribution in [0.5, 0.6) is 0 Å². The van der Waals surface area contributed by atoms with E-state index in [1.165, 1.54) is 4.57 Å². The molecule has 0 aromatic carbocycles. The molecule has 0 bridgehead atoms. The number of ether oxygens (including phenoxy) is 1. The van der Waals surface area contributed by atoms with Crippen LogP contribution >= 0.6 is 0 Å². The van der Waals surface area contributed by atoms with E-state index in [-0.39, 0.29) is 43.1 Å². The van der Waals surface area contributed by atoms with Crippen LogP contribution in [0.3, 0.4) is 0 Å². The number of aromatic nitrogens is 3. The molecule has 10 heteroatoms. The average molecular weight is 393 g/mol. The zero-order chi connectivity index (χ0) is 20.3. The van der Waals surface area contributed by atoms with Crippen LogP contribution in [0.15, 0.2) is 4.79 Å². The summed E-state index contributed by atoms with van der Waals surface area (Å²) in [6, 6.07) is 0. The smallest absolute Gasteiger partial charge is 0.346 e. The predicted octanol–water partition coefficient (Wildman–Crippen LogP) is -0.623. The van der Waals surface area contributed by atoms with Crippen molar-refractivity contribution >= 4 is 17.8 Å². The summed E-state index contributed by atoms with van der Waals surface area (Å²) < 4.78 is 7.31. The Hall–Kier alpha value is -2.65. The van der Waals surface area contributed by atoms with Gasteiger partial charge in [-0.1, -0.05) is 0 Å². The lowest BCUT2D eigenvalue weighted by Crippen LogP contribution is -2.39. The molecule has 0 radical (unpaired) electrons. The Kier molecular flexibility index (Phi) is 6.15. The second kappa shape index (κ2) is 8.57. The zero-order valence-electron chi connectivity index (χ0n) is 16.3. The third kappa shape index (κ3) is 4.60. The van der Waals surface area contributed by atoms with Crippen molar-refractivity contribution in [2.24, 2.45) is 13.0 Å². The third-order valence-electron chi connectivity index (χ3n) is 5.20. The Morgan fingerprint density at radius 1 is 1.18 bits per heavy atom. The van der Waals surface area contributed by atoms with E-state index in [1.807, 2.05) is 4.90 Å². The molecule has 0 unspecified atom stereocenters. The molecule has 0 spiro atoms. The first-order valence-electron chi connectivity index (χ1n) is 9.75. The molecule has 28 heavy (non-hydrogen) atoms. The number of rotatable bonds is 7.